The van der Waals surface area contributed by atoms with Crippen LogP contribution < -0.4 is 4.74 Å². The second-order valence-electron chi connectivity index (χ2n) is 2.63. The van der Waals surface area contributed by atoms with Crippen LogP contribution in [-0.4, -0.2) is 18.0 Å². The summed E-state index contributed by atoms with van der Waals surface area (Å²) in [6, 6.07) is 4.86. The van der Waals surface area contributed by atoms with Crippen molar-refractivity contribution < 1.29 is 14.6 Å². The smallest absolute Gasteiger partial charge is 0.279 e. The Hall–Kier alpha value is -0.930. The number of alkyl halides is 1. The van der Waals surface area contributed by atoms with Gasteiger partial charge < -0.3 is 14.6 Å². The van der Waals surface area contributed by atoms with Gasteiger partial charge >= 0.3 is 0 Å². The number of phenols is 1. The quantitative estimate of drug-likeness (QED) is 0.604. The van der Waals surface area contributed by atoms with Crippen molar-refractivity contribution in [2.75, 3.05) is 7.11 Å². The van der Waals surface area contributed by atoms with Crippen LogP contribution in [0, 0.1) is 6.92 Å². The average Bonchev–Trinajstić information content (AvgIpc) is 2.02. The van der Waals surface area contributed by atoms with E-state index in [1.165, 1.54) is 13.2 Å². The standard InChI is InChI=1S/C9H11ClO3/c1-6-3-7(11)5-8(4-6)13-9(10)12-2/h3-5,9,11H,1-2H3. The van der Waals surface area contributed by atoms with Crippen LogP contribution in [-0.2, 0) is 4.74 Å². The van der Waals surface area contributed by atoms with E-state index in [0.29, 0.717) is 5.75 Å². The number of benzene rings is 1. The van der Waals surface area contributed by atoms with E-state index in [0.717, 1.165) is 5.56 Å². The molecule has 0 radical (unpaired) electrons. The van der Waals surface area contributed by atoms with E-state index in [-0.39, 0.29) is 5.75 Å². The zero-order valence-corrected chi connectivity index (χ0v) is 8.21. The lowest BCUT2D eigenvalue weighted by atomic mass is 10.2. The fourth-order valence-electron chi connectivity index (χ4n) is 0.952. The van der Waals surface area contributed by atoms with Gasteiger partial charge in [-0.05, 0) is 36.2 Å². The third kappa shape index (κ3) is 3.13. The van der Waals surface area contributed by atoms with Crippen molar-refractivity contribution in [1.82, 2.24) is 0 Å². The minimum absolute atomic E-state index is 0.148. The monoisotopic (exact) mass is 202 g/mol. The van der Waals surface area contributed by atoms with E-state index in [2.05, 4.69) is 0 Å². The predicted molar refractivity (Wildman–Crippen MR) is 50.1 cm³/mol. The molecule has 0 aliphatic rings. The highest BCUT2D eigenvalue weighted by Gasteiger charge is 2.04. The van der Waals surface area contributed by atoms with Crippen molar-refractivity contribution >= 4 is 11.6 Å². The Morgan fingerprint density at radius 3 is 2.62 bits per heavy atom. The van der Waals surface area contributed by atoms with Gasteiger partial charge in [0, 0.05) is 13.2 Å². The highest BCUT2D eigenvalue weighted by atomic mass is 35.5. The number of ether oxygens (including phenoxy) is 2. The molecule has 0 heterocycles. The molecule has 1 aromatic carbocycles. The maximum absolute atomic E-state index is 9.22. The molecular weight excluding hydrogens is 192 g/mol. The molecule has 1 unspecified atom stereocenters. The summed E-state index contributed by atoms with van der Waals surface area (Å²) in [7, 11) is 1.44. The first-order chi connectivity index (χ1) is 6.11. The normalized spacial score (nSPS) is 12.5. The Bertz CT molecular complexity index is 268. The first kappa shape index (κ1) is 10.2. The molecule has 0 spiro atoms. The summed E-state index contributed by atoms with van der Waals surface area (Å²) in [5, 5.41) is 9.22. The van der Waals surface area contributed by atoms with Gasteiger partial charge in [-0.2, -0.15) is 0 Å². The van der Waals surface area contributed by atoms with Gasteiger partial charge in [0.15, 0.2) is 0 Å². The van der Waals surface area contributed by atoms with Crippen molar-refractivity contribution in [3.63, 3.8) is 0 Å². The number of rotatable bonds is 3. The van der Waals surface area contributed by atoms with Crippen LogP contribution >= 0.6 is 11.6 Å². The molecule has 1 rings (SSSR count). The highest BCUT2D eigenvalue weighted by Crippen LogP contribution is 2.22. The van der Waals surface area contributed by atoms with E-state index >= 15 is 0 Å². The average molecular weight is 203 g/mol. The number of phenolic OH excluding ortho intramolecular Hbond substituents is 1. The summed E-state index contributed by atoms with van der Waals surface area (Å²) in [6.07, 6.45) is 0. The molecule has 72 valence electrons. The van der Waals surface area contributed by atoms with Gasteiger partial charge in [0.2, 0.25) is 0 Å². The molecular formula is C9H11ClO3. The number of aryl methyl sites for hydroxylation is 1. The van der Waals surface area contributed by atoms with Gasteiger partial charge in [-0.3, -0.25) is 0 Å². The maximum Gasteiger partial charge on any atom is 0.279 e. The van der Waals surface area contributed by atoms with E-state index in [4.69, 9.17) is 21.1 Å². The molecule has 1 N–H and O–H groups in total. The molecule has 0 bridgehead atoms. The second kappa shape index (κ2) is 4.35. The zero-order valence-electron chi connectivity index (χ0n) is 7.45. The molecule has 3 nitrogen and oxygen atoms in total. The second-order valence-corrected chi connectivity index (χ2v) is 2.99. The van der Waals surface area contributed by atoms with Crippen LogP contribution in [0.1, 0.15) is 5.56 Å². The molecule has 0 amide bonds. The van der Waals surface area contributed by atoms with Gasteiger partial charge in [0.25, 0.3) is 5.75 Å². The summed E-state index contributed by atoms with van der Waals surface area (Å²) < 4.78 is 9.80. The first-order valence-corrected chi connectivity index (χ1v) is 4.19. The summed E-state index contributed by atoms with van der Waals surface area (Å²) in [5.41, 5.74) is 0.898. The third-order valence-corrected chi connectivity index (χ3v) is 1.72. The minimum atomic E-state index is -0.832. The first-order valence-electron chi connectivity index (χ1n) is 3.76. The minimum Gasteiger partial charge on any atom is -0.508 e. The number of aromatic hydroxyl groups is 1. The molecule has 4 heteroatoms. The van der Waals surface area contributed by atoms with Gasteiger partial charge in [-0.25, -0.2) is 0 Å². The number of halogens is 1. The lowest BCUT2D eigenvalue weighted by Gasteiger charge is -2.11. The van der Waals surface area contributed by atoms with Gasteiger partial charge in [0.1, 0.15) is 11.5 Å². The Kier molecular flexibility index (Phi) is 3.39. The lowest BCUT2D eigenvalue weighted by Crippen LogP contribution is -2.10. The largest absolute Gasteiger partial charge is 0.508 e. The molecule has 1 atom stereocenters. The Morgan fingerprint density at radius 2 is 2.08 bits per heavy atom. The van der Waals surface area contributed by atoms with Crippen LogP contribution in [0.25, 0.3) is 0 Å². The summed E-state index contributed by atoms with van der Waals surface area (Å²) in [4.78, 5) is 0. The molecule has 1 aromatic rings. The fraction of sp³-hybridized carbons (Fsp3) is 0.333. The van der Waals surface area contributed by atoms with Crippen LogP contribution in [0.3, 0.4) is 0 Å². The Labute approximate surface area is 81.9 Å². The zero-order chi connectivity index (χ0) is 9.84. The van der Waals surface area contributed by atoms with Gasteiger partial charge in [-0.15, -0.1) is 0 Å². The number of hydrogen-bond acceptors (Lipinski definition) is 3. The summed E-state index contributed by atoms with van der Waals surface area (Å²) >= 11 is 5.58. The Morgan fingerprint density at radius 1 is 1.38 bits per heavy atom. The number of methoxy groups -OCH3 is 1. The predicted octanol–water partition coefficient (Wildman–Crippen LogP) is 2.25. The van der Waals surface area contributed by atoms with Crippen molar-refractivity contribution in [2.24, 2.45) is 0 Å². The molecule has 0 aromatic heterocycles. The molecule has 0 fully saturated rings. The summed E-state index contributed by atoms with van der Waals surface area (Å²) in [6.45, 7) is 1.85. The van der Waals surface area contributed by atoms with E-state index < -0.39 is 5.75 Å². The van der Waals surface area contributed by atoms with Crippen LogP contribution in [0.2, 0.25) is 0 Å². The maximum atomic E-state index is 9.22. The SMILES string of the molecule is COC(Cl)Oc1cc(C)cc(O)c1. The van der Waals surface area contributed by atoms with Gasteiger partial charge in [0.05, 0.1) is 0 Å². The molecule has 13 heavy (non-hydrogen) atoms. The Balaban J connectivity index is 2.77. The van der Waals surface area contributed by atoms with E-state index in [9.17, 15) is 5.11 Å². The van der Waals surface area contributed by atoms with E-state index in [1.807, 2.05) is 6.92 Å². The molecule has 0 aliphatic carbocycles. The molecule has 0 aliphatic heterocycles. The fourth-order valence-corrected chi connectivity index (χ4v) is 1.05. The summed E-state index contributed by atoms with van der Waals surface area (Å²) in [5.74, 6) is -0.199. The topological polar surface area (TPSA) is 38.7 Å². The lowest BCUT2D eigenvalue weighted by molar-refractivity contribution is 0.0118. The van der Waals surface area contributed by atoms with E-state index in [1.54, 1.807) is 12.1 Å². The third-order valence-electron chi connectivity index (χ3n) is 1.45. The van der Waals surface area contributed by atoms with Crippen LogP contribution in [0.15, 0.2) is 18.2 Å². The van der Waals surface area contributed by atoms with Crippen molar-refractivity contribution in [1.29, 1.82) is 0 Å². The van der Waals surface area contributed by atoms with Crippen molar-refractivity contribution in [3.05, 3.63) is 23.8 Å². The molecule has 0 saturated heterocycles. The van der Waals surface area contributed by atoms with Crippen LogP contribution in [0.5, 0.6) is 11.5 Å². The highest BCUT2D eigenvalue weighted by molar-refractivity contribution is 6.18. The van der Waals surface area contributed by atoms with Gasteiger partial charge in [-0.1, -0.05) is 0 Å². The number of hydrogen-bond donors (Lipinski definition) is 1. The van der Waals surface area contributed by atoms with Crippen molar-refractivity contribution in [3.8, 4) is 11.5 Å². The van der Waals surface area contributed by atoms with Crippen molar-refractivity contribution in [2.45, 2.75) is 12.7 Å². The molecule has 0 saturated carbocycles. The van der Waals surface area contributed by atoms with Crippen LogP contribution in [0.4, 0.5) is 0 Å².